The summed E-state index contributed by atoms with van der Waals surface area (Å²) in [6, 6.07) is 1.65. The van der Waals surface area contributed by atoms with Gasteiger partial charge in [0, 0.05) is 18.6 Å². The molecular weight excluding hydrogens is 254 g/mol. The van der Waals surface area contributed by atoms with E-state index in [1.807, 2.05) is 0 Å². The van der Waals surface area contributed by atoms with Crippen LogP contribution in [0.5, 0.6) is 5.88 Å². The van der Waals surface area contributed by atoms with Gasteiger partial charge in [-0.1, -0.05) is 0 Å². The first kappa shape index (κ1) is 12.5. The first-order chi connectivity index (χ1) is 9.08. The molecule has 0 radical (unpaired) electrons. The predicted octanol–water partition coefficient (Wildman–Crippen LogP) is -0.818. The Morgan fingerprint density at radius 3 is 2.79 bits per heavy atom. The zero-order chi connectivity index (χ0) is 13.8. The van der Waals surface area contributed by atoms with Crippen molar-refractivity contribution in [3.63, 3.8) is 0 Å². The summed E-state index contributed by atoms with van der Waals surface area (Å²) >= 11 is 0. The molecule has 1 amide bonds. The quantitative estimate of drug-likeness (QED) is 0.657. The fraction of sp³-hybridized carbons (Fsp3) is 0.100. The number of carbonyl (C=O) groups excluding carboxylic acids is 1. The highest BCUT2D eigenvalue weighted by molar-refractivity contribution is 5.97. The summed E-state index contributed by atoms with van der Waals surface area (Å²) in [5, 5.41) is 24.0. The summed E-state index contributed by atoms with van der Waals surface area (Å²) in [4.78, 5) is 29.4. The Balaban J connectivity index is 2.20. The lowest BCUT2D eigenvalue weighted by Crippen LogP contribution is -2.29. The van der Waals surface area contributed by atoms with Crippen molar-refractivity contribution >= 4 is 11.9 Å². The molecule has 19 heavy (non-hydrogen) atoms. The summed E-state index contributed by atoms with van der Waals surface area (Å²) in [6.07, 6.45) is 4.17. The Morgan fingerprint density at radius 2 is 2.21 bits per heavy atom. The van der Waals surface area contributed by atoms with Crippen LogP contribution in [0.1, 0.15) is 10.4 Å². The predicted molar refractivity (Wildman–Crippen MR) is 60.8 cm³/mol. The number of amides is 1. The fourth-order valence-electron chi connectivity index (χ4n) is 1.27. The molecule has 3 N–H and O–H groups in total. The molecule has 0 aliphatic carbocycles. The van der Waals surface area contributed by atoms with Gasteiger partial charge in [-0.25, -0.2) is 9.67 Å². The van der Waals surface area contributed by atoms with Crippen molar-refractivity contribution in [3.05, 3.63) is 30.2 Å². The van der Waals surface area contributed by atoms with E-state index in [-0.39, 0.29) is 11.5 Å². The number of nitrogens with one attached hydrogen (secondary N) is 1. The Kier molecular flexibility index (Phi) is 3.37. The number of carbonyl (C=O) groups is 2. The molecule has 0 bridgehead atoms. The van der Waals surface area contributed by atoms with E-state index in [4.69, 9.17) is 5.11 Å². The maximum absolute atomic E-state index is 11.5. The van der Waals surface area contributed by atoms with Gasteiger partial charge in [0.15, 0.2) is 0 Å². The van der Waals surface area contributed by atoms with Crippen molar-refractivity contribution in [2.24, 2.45) is 0 Å². The number of aromatic hydroxyl groups is 1. The van der Waals surface area contributed by atoms with E-state index in [1.165, 1.54) is 10.9 Å². The number of aliphatic carboxylic acids is 1. The Hall–Kier alpha value is -2.97. The monoisotopic (exact) mass is 263 g/mol. The number of carboxylic acids is 1. The normalized spacial score (nSPS) is 10.1. The number of rotatable bonds is 4. The highest BCUT2D eigenvalue weighted by Crippen LogP contribution is 2.13. The van der Waals surface area contributed by atoms with E-state index in [0.29, 0.717) is 0 Å². The van der Waals surface area contributed by atoms with Gasteiger partial charge >= 0.3 is 5.97 Å². The molecule has 98 valence electrons. The van der Waals surface area contributed by atoms with Crippen LogP contribution in [-0.2, 0) is 4.79 Å². The van der Waals surface area contributed by atoms with E-state index >= 15 is 0 Å². The van der Waals surface area contributed by atoms with Gasteiger partial charge in [0.1, 0.15) is 12.1 Å². The van der Waals surface area contributed by atoms with Crippen LogP contribution in [0.25, 0.3) is 5.95 Å². The minimum Gasteiger partial charge on any atom is -0.493 e. The van der Waals surface area contributed by atoms with Crippen LogP contribution in [0, 0.1) is 0 Å². The van der Waals surface area contributed by atoms with E-state index < -0.39 is 24.3 Å². The first-order valence-electron chi connectivity index (χ1n) is 5.14. The molecule has 9 nitrogen and oxygen atoms in total. The van der Waals surface area contributed by atoms with Crippen LogP contribution in [-0.4, -0.2) is 48.4 Å². The minimum atomic E-state index is -1.19. The molecule has 2 heterocycles. The maximum Gasteiger partial charge on any atom is 0.322 e. The Morgan fingerprint density at radius 1 is 1.42 bits per heavy atom. The average Bonchev–Trinajstić information content (AvgIpc) is 2.89. The molecule has 2 aromatic heterocycles. The summed E-state index contributed by atoms with van der Waals surface area (Å²) in [5.41, 5.74) is -0.211. The highest BCUT2D eigenvalue weighted by Gasteiger charge is 2.15. The number of aromatic nitrogens is 4. The van der Waals surface area contributed by atoms with Crippen molar-refractivity contribution < 1.29 is 19.8 Å². The molecule has 0 unspecified atom stereocenters. The standard InChI is InChI=1S/C10H9N5O4/c16-7(17)5-11-8(18)6-4-12-10(14-9(6)19)15-3-1-2-13-15/h1-4H,5H2,(H,11,18)(H,16,17)(H,12,14,19). The van der Waals surface area contributed by atoms with E-state index in [1.54, 1.807) is 12.3 Å². The first-order valence-corrected chi connectivity index (χ1v) is 5.14. The SMILES string of the molecule is O=C(O)CNC(=O)c1cnc(-n2cccn2)nc1O. The molecule has 0 saturated carbocycles. The van der Waals surface area contributed by atoms with Crippen LogP contribution in [0.2, 0.25) is 0 Å². The van der Waals surface area contributed by atoms with Crippen LogP contribution >= 0.6 is 0 Å². The Bertz CT molecular complexity index is 610. The minimum absolute atomic E-state index is 0.0947. The van der Waals surface area contributed by atoms with Crippen molar-refractivity contribution in [3.8, 4) is 11.8 Å². The second kappa shape index (κ2) is 5.12. The second-order valence-electron chi connectivity index (χ2n) is 3.43. The van der Waals surface area contributed by atoms with E-state index in [0.717, 1.165) is 6.20 Å². The highest BCUT2D eigenvalue weighted by atomic mass is 16.4. The largest absolute Gasteiger partial charge is 0.493 e. The van der Waals surface area contributed by atoms with Gasteiger partial charge in [0.2, 0.25) is 5.88 Å². The second-order valence-corrected chi connectivity index (χ2v) is 3.43. The third kappa shape index (κ3) is 2.83. The van der Waals surface area contributed by atoms with Crippen LogP contribution < -0.4 is 5.32 Å². The summed E-state index contributed by atoms with van der Waals surface area (Å²) in [7, 11) is 0. The van der Waals surface area contributed by atoms with Gasteiger partial charge in [0.05, 0.1) is 0 Å². The maximum atomic E-state index is 11.5. The Labute approximate surface area is 106 Å². The van der Waals surface area contributed by atoms with Crippen molar-refractivity contribution in [1.29, 1.82) is 0 Å². The zero-order valence-electron chi connectivity index (χ0n) is 9.52. The number of carboxylic acid groups (broad SMARTS) is 1. The molecule has 2 rings (SSSR count). The molecule has 9 heteroatoms. The van der Waals surface area contributed by atoms with E-state index in [9.17, 15) is 14.7 Å². The molecule has 2 aromatic rings. The summed E-state index contributed by atoms with van der Waals surface area (Å²) in [6.45, 7) is -0.556. The molecular formula is C10H9N5O4. The van der Waals surface area contributed by atoms with Crippen LogP contribution in [0.15, 0.2) is 24.7 Å². The number of hydrogen-bond acceptors (Lipinski definition) is 6. The van der Waals surface area contributed by atoms with Gasteiger partial charge in [-0.05, 0) is 6.07 Å². The third-order valence-electron chi connectivity index (χ3n) is 2.11. The molecule has 0 aromatic carbocycles. The number of nitrogens with zero attached hydrogens (tertiary/aromatic N) is 4. The topological polar surface area (TPSA) is 130 Å². The molecule has 0 aliphatic heterocycles. The average molecular weight is 263 g/mol. The fourth-order valence-corrected chi connectivity index (χ4v) is 1.27. The van der Waals surface area contributed by atoms with Crippen LogP contribution in [0.3, 0.4) is 0 Å². The van der Waals surface area contributed by atoms with Crippen LogP contribution in [0.4, 0.5) is 0 Å². The summed E-state index contributed by atoms with van der Waals surface area (Å²) in [5.74, 6) is -2.42. The van der Waals surface area contributed by atoms with Gasteiger partial charge < -0.3 is 15.5 Å². The lowest BCUT2D eigenvalue weighted by Gasteiger charge is -2.05. The zero-order valence-corrected chi connectivity index (χ0v) is 9.52. The van der Waals surface area contributed by atoms with Gasteiger partial charge in [0.25, 0.3) is 11.9 Å². The third-order valence-corrected chi connectivity index (χ3v) is 2.11. The molecule has 0 aliphatic rings. The molecule has 0 atom stereocenters. The van der Waals surface area contributed by atoms with Crippen molar-refractivity contribution in [2.75, 3.05) is 6.54 Å². The summed E-state index contributed by atoms with van der Waals surface area (Å²) < 4.78 is 1.30. The lowest BCUT2D eigenvalue weighted by atomic mass is 10.3. The van der Waals surface area contributed by atoms with Gasteiger partial charge in [-0.3, -0.25) is 9.59 Å². The van der Waals surface area contributed by atoms with Gasteiger partial charge in [-0.15, -0.1) is 0 Å². The van der Waals surface area contributed by atoms with E-state index in [2.05, 4.69) is 20.4 Å². The smallest absolute Gasteiger partial charge is 0.322 e. The van der Waals surface area contributed by atoms with Crippen molar-refractivity contribution in [2.45, 2.75) is 0 Å². The van der Waals surface area contributed by atoms with Crippen molar-refractivity contribution in [1.82, 2.24) is 25.1 Å². The lowest BCUT2D eigenvalue weighted by molar-refractivity contribution is -0.135. The molecule has 0 spiro atoms. The number of hydrogen-bond donors (Lipinski definition) is 3. The molecule has 0 fully saturated rings. The van der Waals surface area contributed by atoms with Gasteiger partial charge in [-0.2, -0.15) is 10.1 Å². The molecule has 0 saturated heterocycles.